The lowest BCUT2D eigenvalue weighted by Crippen LogP contribution is -2.15. The van der Waals surface area contributed by atoms with E-state index < -0.39 is 0 Å². The standard InChI is InChI=1S/C15H19NO2/c1-2-3-4-9-16-12-13-7-5-8-14-15(13)18-11-6-10-17-14/h5,7-8,16H,4,6,9-12H2,1H3. The molecule has 0 amide bonds. The van der Waals surface area contributed by atoms with E-state index >= 15 is 0 Å². The molecular weight excluding hydrogens is 226 g/mol. The van der Waals surface area contributed by atoms with Gasteiger partial charge in [-0.15, -0.1) is 11.8 Å². The second-order valence-corrected chi connectivity index (χ2v) is 4.15. The maximum Gasteiger partial charge on any atom is 0.165 e. The van der Waals surface area contributed by atoms with Crippen molar-refractivity contribution in [1.82, 2.24) is 5.32 Å². The van der Waals surface area contributed by atoms with Crippen LogP contribution in [0.3, 0.4) is 0 Å². The Kier molecular flexibility index (Phi) is 4.92. The summed E-state index contributed by atoms with van der Waals surface area (Å²) >= 11 is 0. The summed E-state index contributed by atoms with van der Waals surface area (Å²) in [6.45, 7) is 5.01. The van der Waals surface area contributed by atoms with Gasteiger partial charge in [-0.3, -0.25) is 0 Å². The molecule has 3 nitrogen and oxygen atoms in total. The van der Waals surface area contributed by atoms with Crippen molar-refractivity contribution in [2.75, 3.05) is 19.8 Å². The lowest BCUT2D eigenvalue weighted by Gasteiger charge is -2.12. The fourth-order valence-electron chi connectivity index (χ4n) is 1.89. The van der Waals surface area contributed by atoms with Crippen LogP contribution >= 0.6 is 0 Å². The summed E-state index contributed by atoms with van der Waals surface area (Å²) in [5.74, 6) is 7.68. The van der Waals surface area contributed by atoms with Crippen LogP contribution in [0.2, 0.25) is 0 Å². The normalized spacial score (nSPS) is 13.4. The molecule has 0 atom stereocenters. The van der Waals surface area contributed by atoms with Gasteiger partial charge in [0.1, 0.15) is 0 Å². The van der Waals surface area contributed by atoms with E-state index in [1.54, 1.807) is 0 Å². The molecule has 0 spiro atoms. The second kappa shape index (κ2) is 6.93. The topological polar surface area (TPSA) is 30.5 Å². The van der Waals surface area contributed by atoms with Crippen LogP contribution < -0.4 is 14.8 Å². The lowest BCUT2D eigenvalue weighted by atomic mass is 10.2. The highest BCUT2D eigenvalue weighted by molar-refractivity contribution is 5.47. The summed E-state index contributed by atoms with van der Waals surface area (Å²) < 4.78 is 11.4. The molecule has 0 aromatic heterocycles. The Morgan fingerprint density at radius 1 is 1.28 bits per heavy atom. The van der Waals surface area contributed by atoms with Gasteiger partial charge in [-0.05, 0) is 13.0 Å². The fourth-order valence-corrected chi connectivity index (χ4v) is 1.89. The van der Waals surface area contributed by atoms with Crippen molar-refractivity contribution in [3.63, 3.8) is 0 Å². The zero-order valence-electron chi connectivity index (χ0n) is 10.8. The summed E-state index contributed by atoms with van der Waals surface area (Å²) in [5, 5.41) is 3.37. The SMILES string of the molecule is CC#CCCNCc1cccc2c1OCCCO2. The monoisotopic (exact) mass is 245 g/mol. The van der Waals surface area contributed by atoms with Gasteiger partial charge in [-0.1, -0.05) is 12.1 Å². The smallest absolute Gasteiger partial charge is 0.165 e. The molecule has 0 unspecified atom stereocenters. The minimum Gasteiger partial charge on any atom is -0.490 e. The van der Waals surface area contributed by atoms with Crippen molar-refractivity contribution < 1.29 is 9.47 Å². The zero-order chi connectivity index (χ0) is 12.6. The minimum absolute atomic E-state index is 0.728. The Balaban J connectivity index is 1.97. The molecule has 1 aliphatic heterocycles. The minimum atomic E-state index is 0.728. The van der Waals surface area contributed by atoms with Crippen molar-refractivity contribution in [2.24, 2.45) is 0 Å². The molecule has 1 aromatic rings. The molecule has 1 aromatic carbocycles. The molecule has 3 heteroatoms. The summed E-state index contributed by atoms with van der Waals surface area (Å²) in [7, 11) is 0. The lowest BCUT2D eigenvalue weighted by molar-refractivity contribution is 0.296. The number of hydrogen-bond donors (Lipinski definition) is 1. The predicted octanol–water partition coefficient (Wildman–Crippen LogP) is 2.35. The van der Waals surface area contributed by atoms with E-state index in [0.29, 0.717) is 0 Å². The van der Waals surface area contributed by atoms with E-state index in [1.807, 2.05) is 19.1 Å². The number of para-hydroxylation sites is 1. The van der Waals surface area contributed by atoms with Gasteiger partial charge in [0.2, 0.25) is 0 Å². The van der Waals surface area contributed by atoms with Crippen molar-refractivity contribution in [1.29, 1.82) is 0 Å². The molecule has 2 rings (SSSR count). The van der Waals surface area contributed by atoms with Crippen molar-refractivity contribution >= 4 is 0 Å². The van der Waals surface area contributed by atoms with Gasteiger partial charge >= 0.3 is 0 Å². The van der Waals surface area contributed by atoms with Crippen molar-refractivity contribution in [3.05, 3.63) is 23.8 Å². The Bertz CT molecular complexity index is 446. The highest BCUT2D eigenvalue weighted by atomic mass is 16.5. The molecule has 0 aliphatic carbocycles. The average molecular weight is 245 g/mol. The quantitative estimate of drug-likeness (QED) is 0.652. The summed E-state index contributed by atoms with van der Waals surface area (Å²) in [5.41, 5.74) is 1.15. The molecule has 1 heterocycles. The first-order valence-electron chi connectivity index (χ1n) is 6.39. The number of fused-ring (bicyclic) bond motifs is 1. The van der Waals surface area contributed by atoms with E-state index in [2.05, 4.69) is 23.2 Å². The third-order valence-electron chi connectivity index (χ3n) is 2.77. The van der Waals surface area contributed by atoms with Crippen LogP contribution in [0.25, 0.3) is 0 Å². The van der Waals surface area contributed by atoms with Gasteiger partial charge in [0.25, 0.3) is 0 Å². The molecule has 1 N–H and O–H groups in total. The van der Waals surface area contributed by atoms with Crippen LogP contribution in [0.5, 0.6) is 11.5 Å². The van der Waals surface area contributed by atoms with Crippen LogP contribution in [-0.4, -0.2) is 19.8 Å². The molecular formula is C15H19NO2. The molecule has 0 fully saturated rings. The van der Waals surface area contributed by atoms with Crippen LogP contribution in [0.1, 0.15) is 25.3 Å². The van der Waals surface area contributed by atoms with Gasteiger partial charge in [-0.2, -0.15) is 0 Å². The zero-order valence-corrected chi connectivity index (χ0v) is 10.8. The van der Waals surface area contributed by atoms with Crippen LogP contribution in [0, 0.1) is 11.8 Å². The fraction of sp³-hybridized carbons (Fsp3) is 0.467. The van der Waals surface area contributed by atoms with Gasteiger partial charge in [-0.25, -0.2) is 0 Å². The molecule has 1 aliphatic rings. The Labute approximate surface area is 108 Å². The first-order chi connectivity index (χ1) is 8.92. The molecule has 96 valence electrons. The third-order valence-corrected chi connectivity index (χ3v) is 2.77. The van der Waals surface area contributed by atoms with E-state index in [-0.39, 0.29) is 0 Å². The summed E-state index contributed by atoms with van der Waals surface area (Å²) in [6, 6.07) is 6.05. The van der Waals surface area contributed by atoms with Crippen molar-refractivity contribution in [3.8, 4) is 23.3 Å². The number of benzene rings is 1. The molecule has 0 saturated heterocycles. The number of rotatable bonds is 4. The molecule has 0 saturated carbocycles. The Hall–Kier alpha value is -1.66. The molecule has 18 heavy (non-hydrogen) atoms. The number of ether oxygens (including phenoxy) is 2. The maximum absolute atomic E-state index is 5.76. The van der Waals surface area contributed by atoms with Gasteiger partial charge < -0.3 is 14.8 Å². The second-order valence-electron chi connectivity index (χ2n) is 4.15. The highest BCUT2D eigenvalue weighted by Gasteiger charge is 2.13. The predicted molar refractivity (Wildman–Crippen MR) is 71.8 cm³/mol. The van der Waals surface area contributed by atoms with E-state index in [0.717, 1.165) is 56.2 Å². The van der Waals surface area contributed by atoms with Gasteiger partial charge in [0.15, 0.2) is 11.5 Å². The highest BCUT2D eigenvalue weighted by Crippen LogP contribution is 2.32. The Morgan fingerprint density at radius 2 is 2.17 bits per heavy atom. The maximum atomic E-state index is 5.76. The van der Waals surface area contributed by atoms with Gasteiger partial charge in [0.05, 0.1) is 13.2 Å². The molecule has 0 bridgehead atoms. The third kappa shape index (κ3) is 3.41. The largest absolute Gasteiger partial charge is 0.490 e. The van der Waals surface area contributed by atoms with Crippen LogP contribution in [0.4, 0.5) is 0 Å². The first kappa shape index (κ1) is 12.8. The average Bonchev–Trinajstić information content (AvgIpc) is 2.64. The first-order valence-corrected chi connectivity index (χ1v) is 6.39. The summed E-state index contributed by atoms with van der Waals surface area (Å²) in [6.07, 6.45) is 1.82. The Morgan fingerprint density at radius 3 is 3.06 bits per heavy atom. The van der Waals surface area contributed by atoms with E-state index in [9.17, 15) is 0 Å². The van der Waals surface area contributed by atoms with Gasteiger partial charge in [0, 0.05) is 31.5 Å². The van der Waals surface area contributed by atoms with E-state index in [1.165, 1.54) is 0 Å². The van der Waals surface area contributed by atoms with Crippen LogP contribution in [-0.2, 0) is 6.54 Å². The van der Waals surface area contributed by atoms with Crippen LogP contribution in [0.15, 0.2) is 18.2 Å². The summed E-state index contributed by atoms with van der Waals surface area (Å²) in [4.78, 5) is 0. The number of nitrogens with one attached hydrogen (secondary N) is 1. The van der Waals surface area contributed by atoms with Crippen molar-refractivity contribution in [2.45, 2.75) is 26.3 Å². The molecule has 0 radical (unpaired) electrons. The number of hydrogen-bond acceptors (Lipinski definition) is 3. The van der Waals surface area contributed by atoms with E-state index in [4.69, 9.17) is 9.47 Å².